The highest BCUT2D eigenvalue weighted by atomic mass is 19.1. The lowest BCUT2D eigenvalue weighted by molar-refractivity contribution is -0.118. The van der Waals surface area contributed by atoms with Crippen molar-refractivity contribution in [2.75, 3.05) is 17.2 Å². The van der Waals surface area contributed by atoms with Gasteiger partial charge < -0.3 is 15.4 Å². The van der Waals surface area contributed by atoms with E-state index in [2.05, 4.69) is 10.6 Å². The molecule has 166 valence electrons. The van der Waals surface area contributed by atoms with Gasteiger partial charge in [-0.25, -0.2) is 4.39 Å². The van der Waals surface area contributed by atoms with Gasteiger partial charge in [0.15, 0.2) is 6.61 Å². The van der Waals surface area contributed by atoms with E-state index in [1.807, 2.05) is 32.0 Å². The van der Waals surface area contributed by atoms with Crippen LogP contribution in [0, 0.1) is 31.0 Å². The topological polar surface area (TPSA) is 91.2 Å². The zero-order valence-corrected chi connectivity index (χ0v) is 18.2. The zero-order chi connectivity index (χ0) is 23.8. The molecule has 2 N–H and O–H groups in total. The van der Waals surface area contributed by atoms with Gasteiger partial charge in [-0.2, -0.15) is 5.26 Å². The molecule has 0 saturated heterocycles. The van der Waals surface area contributed by atoms with Crippen LogP contribution in [0.2, 0.25) is 0 Å². The number of hydrogen-bond acceptors (Lipinski definition) is 4. The van der Waals surface area contributed by atoms with Crippen LogP contribution in [-0.4, -0.2) is 18.4 Å². The third-order valence-electron chi connectivity index (χ3n) is 4.66. The molecule has 0 bridgehead atoms. The van der Waals surface area contributed by atoms with Gasteiger partial charge in [0.2, 0.25) is 0 Å². The molecule has 3 aromatic rings. The molecule has 0 fully saturated rings. The molecule has 0 atom stereocenters. The van der Waals surface area contributed by atoms with Gasteiger partial charge in [-0.15, -0.1) is 0 Å². The van der Waals surface area contributed by atoms with Crippen molar-refractivity contribution < 1.29 is 18.7 Å². The number of nitrogens with one attached hydrogen (secondary N) is 2. The summed E-state index contributed by atoms with van der Waals surface area (Å²) >= 11 is 0. The molecule has 6 nitrogen and oxygen atoms in total. The Hall–Kier alpha value is -4.44. The Bertz CT molecular complexity index is 1240. The van der Waals surface area contributed by atoms with Gasteiger partial charge in [0, 0.05) is 11.4 Å². The first-order valence-corrected chi connectivity index (χ1v) is 10.1. The van der Waals surface area contributed by atoms with Crippen LogP contribution in [0.25, 0.3) is 6.08 Å². The lowest BCUT2D eigenvalue weighted by atomic mass is 10.1. The summed E-state index contributed by atoms with van der Waals surface area (Å²) in [7, 11) is 0. The summed E-state index contributed by atoms with van der Waals surface area (Å²) in [5.74, 6) is -0.929. The molecule has 0 aliphatic rings. The van der Waals surface area contributed by atoms with Crippen LogP contribution < -0.4 is 15.4 Å². The van der Waals surface area contributed by atoms with E-state index in [1.165, 1.54) is 30.3 Å². The summed E-state index contributed by atoms with van der Waals surface area (Å²) in [6, 6.07) is 19.6. The SMILES string of the molecule is Cc1ccc(NC(=O)/C(C#N)=C/c2cccc(OCC(=O)Nc3ccc(F)cc3)c2)c(C)c1. The normalized spacial score (nSPS) is 10.8. The Morgan fingerprint density at radius 3 is 2.48 bits per heavy atom. The zero-order valence-electron chi connectivity index (χ0n) is 18.2. The molecule has 0 aromatic heterocycles. The van der Waals surface area contributed by atoms with Crippen LogP contribution in [0.1, 0.15) is 16.7 Å². The molecular formula is C26H22FN3O3. The van der Waals surface area contributed by atoms with Crippen molar-refractivity contribution in [3.05, 3.63) is 94.8 Å². The van der Waals surface area contributed by atoms with Gasteiger partial charge >= 0.3 is 0 Å². The van der Waals surface area contributed by atoms with Crippen LogP contribution >= 0.6 is 0 Å². The van der Waals surface area contributed by atoms with E-state index in [0.717, 1.165) is 11.1 Å². The van der Waals surface area contributed by atoms with Crippen molar-refractivity contribution in [1.82, 2.24) is 0 Å². The fourth-order valence-corrected chi connectivity index (χ4v) is 3.03. The van der Waals surface area contributed by atoms with Gasteiger partial charge in [0.25, 0.3) is 11.8 Å². The lowest BCUT2D eigenvalue weighted by Crippen LogP contribution is -2.20. The quantitative estimate of drug-likeness (QED) is 0.397. The highest BCUT2D eigenvalue weighted by Gasteiger charge is 2.11. The molecule has 3 rings (SSSR count). The maximum absolute atomic E-state index is 13.0. The Balaban J connectivity index is 1.64. The standard InChI is InChI=1S/C26H22FN3O3/c1-17-6-11-24(18(2)12-17)30-26(32)20(15-28)13-19-4-3-5-23(14-19)33-16-25(31)29-22-9-7-21(27)8-10-22/h3-14H,16H2,1-2H3,(H,29,31)(H,30,32)/b20-13+. The first-order valence-electron chi connectivity index (χ1n) is 10.1. The van der Waals surface area contributed by atoms with Crippen molar-refractivity contribution in [1.29, 1.82) is 5.26 Å². The van der Waals surface area contributed by atoms with E-state index in [-0.39, 0.29) is 12.2 Å². The van der Waals surface area contributed by atoms with Crippen LogP contribution in [0.4, 0.5) is 15.8 Å². The number of anilines is 2. The van der Waals surface area contributed by atoms with Crippen molar-refractivity contribution in [3.63, 3.8) is 0 Å². The second kappa shape index (κ2) is 10.7. The lowest BCUT2D eigenvalue weighted by Gasteiger charge is -2.09. The number of aryl methyl sites for hydroxylation is 2. The van der Waals surface area contributed by atoms with Gasteiger partial charge in [-0.1, -0.05) is 29.8 Å². The number of rotatable bonds is 7. The fraction of sp³-hybridized carbons (Fsp3) is 0.115. The summed E-state index contributed by atoms with van der Waals surface area (Å²) < 4.78 is 18.5. The molecular weight excluding hydrogens is 421 g/mol. The number of halogens is 1. The number of hydrogen-bond donors (Lipinski definition) is 2. The molecule has 2 amide bonds. The minimum Gasteiger partial charge on any atom is -0.484 e. The number of amides is 2. The average Bonchev–Trinajstić information content (AvgIpc) is 2.79. The smallest absolute Gasteiger partial charge is 0.266 e. The summed E-state index contributed by atoms with van der Waals surface area (Å²) in [4.78, 5) is 24.6. The van der Waals surface area contributed by atoms with E-state index in [4.69, 9.17) is 4.74 Å². The van der Waals surface area contributed by atoms with Gasteiger partial charge in [0.1, 0.15) is 23.2 Å². The predicted molar refractivity (Wildman–Crippen MR) is 125 cm³/mol. The summed E-state index contributed by atoms with van der Waals surface area (Å²) in [6.45, 7) is 3.58. The monoisotopic (exact) mass is 443 g/mol. The van der Waals surface area contributed by atoms with Crippen molar-refractivity contribution in [3.8, 4) is 11.8 Å². The number of nitriles is 1. The molecule has 0 unspecified atom stereocenters. The fourth-order valence-electron chi connectivity index (χ4n) is 3.03. The molecule has 0 aliphatic heterocycles. The third-order valence-corrected chi connectivity index (χ3v) is 4.66. The van der Waals surface area contributed by atoms with Crippen LogP contribution in [0.5, 0.6) is 5.75 Å². The van der Waals surface area contributed by atoms with Gasteiger partial charge in [-0.3, -0.25) is 9.59 Å². The summed E-state index contributed by atoms with van der Waals surface area (Å²) in [5, 5.41) is 14.8. The number of nitrogens with zero attached hydrogens (tertiary/aromatic N) is 1. The van der Waals surface area contributed by atoms with Gasteiger partial charge in [0.05, 0.1) is 0 Å². The van der Waals surface area contributed by atoms with Crippen LogP contribution in [0.3, 0.4) is 0 Å². The Morgan fingerprint density at radius 1 is 1.03 bits per heavy atom. The van der Waals surface area contributed by atoms with Crippen molar-refractivity contribution >= 4 is 29.3 Å². The van der Waals surface area contributed by atoms with Crippen LogP contribution in [0.15, 0.2) is 72.3 Å². The van der Waals surface area contributed by atoms with E-state index in [0.29, 0.717) is 22.7 Å². The molecule has 0 spiro atoms. The largest absolute Gasteiger partial charge is 0.484 e. The molecule has 0 saturated carbocycles. The molecule has 0 heterocycles. The summed E-state index contributed by atoms with van der Waals surface area (Å²) in [5.41, 5.74) is 3.56. The maximum Gasteiger partial charge on any atom is 0.266 e. The maximum atomic E-state index is 13.0. The second-order valence-corrected chi connectivity index (χ2v) is 7.36. The van der Waals surface area contributed by atoms with Gasteiger partial charge in [-0.05, 0) is 73.5 Å². The third kappa shape index (κ3) is 6.77. The first-order chi connectivity index (χ1) is 15.8. The average molecular weight is 443 g/mol. The molecule has 0 aliphatic carbocycles. The van der Waals surface area contributed by atoms with Crippen molar-refractivity contribution in [2.24, 2.45) is 0 Å². The number of ether oxygens (including phenoxy) is 1. The molecule has 33 heavy (non-hydrogen) atoms. The van der Waals surface area contributed by atoms with E-state index < -0.39 is 17.6 Å². The second-order valence-electron chi connectivity index (χ2n) is 7.36. The summed E-state index contributed by atoms with van der Waals surface area (Å²) in [6.07, 6.45) is 1.45. The minimum atomic E-state index is -0.519. The van der Waals surface area contributed by atoms with Crippen molar-refractivity contribution in [2.45, 2.75) is 13.8 Å². The Kier molecular flexibility index (Phi) is 7.55. The molecule has 3 aromatic carbocycles. The predicted octanol–water partition coefficient (Wildman–Crippen LogP) is 5.01. The highest BCUT2D eigenvalue weighted by molar-refractivity contribution is 6.10. The number of carbonyl (C=O) groups is 2. The van der Waals surface area contributed by atoms with E-state index in [9.17, 15) is 19.2 Å². The van der Waals surface area contributed by atoms with E-state index in [1.54, 1.807) is 30.3 Å². The molecule has 7 heteroatoms. The highest BCUT2D eigenvalue weighted by Crippen LogP contribution is 2.19. The number of benzene rings is 3. The Labute approximate surface area is 191 Å². The molecule has 0 radical (unpaired) electrons. The number of carbonyl (C=O) groups excluding carboxylic acids is 2. The minimum absolute atomic E-state index is 0.0684. The Morgan fingerprint density at radius 2 is 1.79 bits per heavy atom. The van der Waals surface area contributed by atoms with E-state index >= 15 is 0 Å². The van der Waals surface area contributed by atoms with Crippen LogP contribution in [-0.2, 0) is 9.59 Å². The first kappa shape index (κ1) is 23.2.